The van der Waals surface area contributed by atoms with Gasteiger partial charge in [0.2, 0.25) is 5.88 Å². The van der Waals surface area contributed by atoms with Crippen LogP contribution in [0.15, 0.2) is 71.8 Å². The van der Waals surface area contributed by atoms with Gasteiger partial charge >= 0.3 is 0 Å². The number of thiocarbonyl (C=S) groups is 1. The molecule has 1 aliphatic heterocycles. The number of nitro groups is 1. The van der Waals surface area contributed by atoms with Crippen LogP contribution < -0.4 is 14.4 Å². The fourth-order valence-electron chi connectivity index (χ4n) is 2.93. The van der Waals surface area contributed by atoms with Crippen LogP contribution in [-0.4, -0.2) is 27.2 Å². The summed E-state index contributed by atoms with van der Waals surface area (Å²) in [6, 6.07) is 17.1. The van der Waals surface area contributed by atoms with E-state index in [9.17, 15) is 14.9 Å². The molecule has 1 amide bonds. The van der Waals surface area contributed by atoms with Gasteiger partial charge in [0.05, 0.1) is 22.6 Å². The Morgan fingerprint density at radius 3 is 2.56 bits per heavy atom. The van der Waals surface area contributed by atoms with Crippen LogP contribution in [0.3, 0.4) is 0 Å². The van der Waals surface area contributed by atoms with Gasteiger partial charge in [-0.1, -0.05) is 48.2 Å². The number of amides is 1. The largest absolute Gasteiger partial charge is 0.493 e. The number of rotatable bonds is 6. The number of benzene rings is 2. The number of hydrogen-bond donors (Lipinski definition) is 0. The highest BCUT2D eigenvalue weighted by atomic mass is 32.2. The van der Waals surface area contributed by atoms with Crippen molar-refractivity contribution in [2.75, 3.05) is 12.0 Å². The van der Waals surface area contributed by atoms with Gasteiger partial charge < -0.3 is 9.47 Å². The number of hydrogen-bond acceptors (Lipinski definition) is 8. The number of anilines is 1. The molecule has 0 unspecified atom stereocenters. The van der Waals surface area contributed by atoms with Crippen molar-refractivity contribution in [3.05, 3.63) is 87.4 Å². The molecule has 160 valence electrons. The second kappa shape index (κ2) is 9.16. The van der Waals surface area contributed by atoms with Crippen molar-refractivity contribution in [3.63, 3.8) is 0 Å². The zero-order valence-corrected chi connectivity index (χ0v) is 18.3. The molecule has 0 atom stereocenters. The minimum atomic E-state index is -0.535. The lowest BCUT2D eigenvalue weighted by molar-refractivity contribution is -0.385. The molecule has 1 fully saturated rings. The lowest BCUT2D eigenvalue weighted by atomic mass is 10.2. The third kappa shape index (κ3) is 4.46. The third-order valence-electron chi connectivity index (χ3n) is 4.44. The summed E-state index contributed by atoms with van der Waals surface area (Å²) in [5, 5.41) is 10.8. The molecular weight excluding hydrogens is 450 g/mol. The predicted octanol–water partition coefficient (Wildman–Crippen LogP) is 5.20. The Bertz CT molecular complexity index is 1230. The molecule has 0 radical (unpaired) electrons. The summed E-state index contributed by atoms with van der Waals surface area (Å²) in [5.74, 6) is 0.784. The number of nitrogens with zero attached hydrogens (tertiary/aromatic N) is 3. The molecule has 0 aliphatic carbocycles. The highest BCUT2D eigenvalue weighted by Gasteiger charge is 2.33. The Labute approximate surface area is 192 Å². The first kappa shape index (κ1) is 21.5. The van der Waals surface area contributed by atoms with E-state index in [0.29, 0.717) is 20.7 Å². The quantitative estimate of drug-likeness (QED) is 0.212. The molecule has 1 saturated heterocycles. The molecule has 8 nitrogen and oxygen atoms in total. The van der Waals surface area contributed by atoms with E-state index in [1.807, 2.05) is 30.3 Å². The second-order valence-electron chi connectivity index (χ2n) is 6.48. The van der Waals surface area contributed by atoms with E-state index < -0.39 is 4.92 Å². The normalized spacial score (nSPS) is 14.7. The van der Waals surface area contributed by atoms with E-state index >= 15 is 0 Å². The zero-order valence-electron chi connectivity index (χ0n) is 16.6. The fourth-order valence-corrected chi connectivity index (χ4v) is 4.23. The summed E-state index contributed by atoms with van der Waals surface area (Å²) in [5.41, 5.74) is 1.31. The summed E-state index contributed by atoms with van der Waals surface area (Å²) < 4.78 is 11.6. The molecule has 4 rings (SSSR count). The van der Waals surface area contributed by atoms with Crippen LogP contribution in [0.5, 0.6) is 17.4 Å². The van der Waals surface area contributed by atoms with Crippen LogP contribution >= 0.6 is 24.0 Å². The zero-order chi connectivity index (χ0) is 22.7. The predicted molar refractivity (Wildman–Crippen MR) is 126 cm³/mol. The van der Waals surface area contributed by atoms with Crippen LogP contribution in [0.4, 0.5) is 11.4 Å². The Balaban J connectivity index is 1.56. The topological polar surface area (TPSA) is 94.8 Å². The first-order valence-corrected chi connectivity index (χ1v) is 10.5. The van der Waals surface area contributed by atoms with E-state index in [0.717, 1.165) is 17.4 Å². The molecule has 2 heterocycles. The van der Waals surface area contributed by atoms with Crippen molar-refractivity contribution >= 4 is 51.7 Å². The molecule has 1 aromatic heterocycles. The van der Waals surface area contributed by atoms with Gasteiger partial charge in [-0.05, 0) is 35.9 Å². The number of thioether (sulfide) groups is 1. The first-order valence-electron chi connectivity index (χ1n) is 9.25. The monoisotopic (exact) mass is 465 g/mol. The lowest BCUT2D eigenvalue weighted by Crippen LogP contribution is -2.27. The number of pyridine rings is 1. The number of aromatic nitrogens is 1. The number of carbonyl (C=O) groups excluding carboxylic acids is 1. The standard InChI is InChI=1S/C22H15N3O5S2/c1-29-18-11-14(7-9-17(18)30-20-10-8-16(13-23-20)25(27)28)12-19-21(26)24(22(31)32-19)15-5-3-2-4-6-15/h2-13H,1H3/b19-12+. The van der Waals surface area contributed by atoms with E-state index in [1.54, 1.807) is 24.3 Å². The van der Waals surface area contributed by atoms with Gasteiger partial charge in [-0.2, -0.15) is 0 Å². The van der Waals surface area contributed by atoms with Gasteiger partial charge in [-0.3, -0.25) is 19.8 Å². The SMILES string of the molecule is COc1cc(/C=C2/SC(=S)N(c3ccccc3)C2=O)ccc1Oc1ccc([N+](=O)[O-])cn1. The summed E-state index contributed by atoms with van der Waals surface area (Å²) in [7, 11) is 1.49. The number of carbonyl (C=O) groups is 1. The molecule has 10 heteroatoms. The molecule has 1 aliphatic rings. The molecule has 2 aromatic carbocycles. The van der Waals surface area contributed by atoms with E-state index in [1.165, 1.54) is 35.9 Å². The number of methoxy groups -OCH3 is 1. The minimum absolute atomic E-state index is 0.132. The maximum atomic E-state index is 12.9. The minimum Gasteiger partial charge on any atom is -0.493 e. The maximum absolute atomic E-state index is 12.9. The Kier molecular flexibility index (Phi) is 6.15. The molecule has 0 saturated carbocycles. The molecule has 0 N–H and O–H groups in total. The van der Waals surface area contributed by atoms with Crippen LogP contribution in [-0.2, 0) is 4.79 Å². The first-order chi connectivity index (χ1) is 15.5. The van der Waals surface area contributed by atoms with E-state index in [2.05, 4.69) is 4.98 Å². The van der Waals surface area contributed by atoms with Gasteiger partial charge in [-0.25, -0.2) is 4.98 Å². The summed E-state index contributed by atoms with van der Waals surface area (Å²) in [6.07, 6.45) is 2.85. The van der Waals surface area contributed by atoms with Crippen LogP contribution in [0.2, 0.25) is 0 Å². The summed E-state index contributed by atoms with van der Waals surface area (Å²) in [4.78, 5) is 29.0. The fraction of sp³-hybridized carbons (Fsp3) is 0.0455. The van der Waals surface area contributed by atoms with Crippen LogP contribution in [0, 0.1) is 10.1 Å². The highest BCUT2D eigenvalue weighted by molar-refractivity contribution is 8.27. The molecule has 32 heavy (non-hydrogen) atoms. The second-order valence-corrected chi connectivity index (χ2v) is 8.15. The molecule has 0 bridgehead atoms. The smallest absolute Gasteiger partial charge is 0.287 e. The molecule has 0 spiro atoms. The third-order valence-corrected chi connectivity index (χ3v) is 5.74. The Morgan fingerprint density at radius 1 is 1.12 bits per heavy atom. The molecular formula is C22H15N3O5S2. The van der Waals surface area contributed by atoms with Crippen molar-refractivity contribution in [1.82, 2.24) is 4.98 Å². The number of ether oxygens (including phenoxy) is 2. The average molecular weight is 466 g/mol. The Morgan fingerprint density at radius 2 is 1.91 bits per heavy atom. The van der Waals surface area contributed by atoms with Gasteiger partial charge in [0.15, 0.2) is 15.8 Å². The van der Waals surface area contributed by atoms with Crippen molar-refractivity contribution in [3.8, 4) is 17.4 Å². The van der Waals surface area contributed by atoms with E-state index in [4.69, 9.17) is 21.7 Å². The lowest BCUT2D eigenvalue weighted by Gasteiger charge is -2.13. The van der Waals surface area contributed by atoms with E-state index in [-0.39, 0.29) is 17.5 Å². The van der Waals surface area contributed by atoms with Gasteiger partial charge in [0, 0.05) is 12.1 Å². The maximum Gasteiger partial charge on any atom is 0.287 e. The van der Waals surface area contributed by atoms with Crippen LogP contribution in [0.1, 0.15) is 5.56 Å². The van der Waals surface area contributed by atoms with Crippen molar-refractivity contribution < 1.29 is 19.2 Å². The van der Waals surface area contributed by atoms with Crippen molar-refractivity contribution in [2.24, 2.45) is 0 Å². The average Bonchev–Trinajstić information content (AvgIpc) is 3.08. The highest BCUT2D eigenvalue weighted by Crippen LogP contribution is 2.37. The van der Waals surface area contributed by atoms with Gasteiger partial charge in [0.1, 0.15) is 6.20 Å². The number of para-hydroxylation sites is 1. The summed E-state index contributed by atoms with van der Waals surface area (Å²) in [6.45, 7) is 0. The van der Waals surface area contributed by atoms with Crippen molar-refractivity contribution in [1.29, 1.82) is 0 Å². The van der Waals surface area contributed by atoms with Crippen molar-refractivity contribution in [2.45, 2.75) is 0 Å². The van der Waals surface area contributed by atoms with Gasteiger partial charge in [-0.15, -0.1) is 0 Å². The van der Waals surface area contributed by atoms with Crippen LogP contribution in [0.25, 0.3) is 6.08 Å². The Hall–Kier alpha value is -3.76. The summed E-state index contributed by atoms with van der Waals surface area (Å²) >= 11 is 6.62. The van der Waals surface area contributed by atoms with Gasteiger partial charge in [0.25, 0.3) is 11.6 Å². The molecule has 3 aromatic rings.